The zero-order valence-electron chi connectivity index (χ0n) is 14.7. The molecule has 1 aromatic rings. The first-order valence-electron chi connectivity index (χ1n) is 9.12. The minimum absolute atomic E-state index is 0.0757. The van der Waals surface area contributed by atoms with Crippen molar-refractivity contribution in [1.82, 2.24) is 9.21 Å². The van der Waals surface area contributed by atoms with Crippen molar-refractivity contribution in [3.8, 4) is 0 Å². The summed E-state index contributed by atoms with van der Waals surface area (Å²) in [5, 5.41) is 0. The van der Waals surface area contributed by atoms with Crippen LogP contribution in [0.2, 0.25) is 0 Å². The minimum Gasteiger partial charge on any atom is -0.381 e. The van der Waals surface area contributed by atoms with Crippen LogP contribution in [0.3, 0.4) is 0 Å². The second-order valence-electron chi connectivity index (χ2n) is 6.98. The molecule has 0 spiro atoms. The second-order valence-corrected chi connectivity index (χ2v) is 8.89. The predicted molar refractivity (Wildman–Crippen MR) is 94.1 cm³/mol. The lowest BCUT2D eigenvalue weighted by Crippen LogP contribution is -2.43. The van der Waals surface area contributed by atoms with E-state index in [2.05, 4.69) is 0 Å². The molecule has 26 heavy (non-hydrogen) atoms. The average Bonchev–Trinajstić information content (AvgIpc) is 3.22. The molecule has 2 saturated heterocycles. The smallest absolute Gasteiger partial charge is 0.243 e. The van der Waals surface area contributed by atoms with Crippen LogP contribution >= 0.6 is 0 Å². The van der Waals surface area contributed by atoms with E-state index in [4.69, 9.17) is 9.47 Å². The summed E-state index contributed by atoms with van der Waals surface area (Å²) < 4.78 is 38.4. The van der Waals surface area contributed by atoms with E-state index in [1.165, 1.54) is 4.31 Å². The molecule has 3 aliphatic heterocycles. The maximum atomic E-state index is 13.1. The fourth-order valence-corrected chi connectivity index (χ4v) is 5.56. The van der Waals surface area contributed by atoms with Gasteiger partial charge in [-0.1, -0.05) is 12.1 Å². The average molecular weight is 380 g/mol. The van der Waals surface area contributed by atoms with Gasteiger partial charge in [-0.15, -0.1) is 0 Å². The lowest BCUT2D eigenvalue weighted by Gasteiger charge is -2.33. The molecule has 0 N–H and O–H groups in total. The fourth-order valence-electron chi connectivity index (χ4n) is 3.89. The fraction of sp³-hybridized carbons (Fsp3) is 0.611. The van der Waals surface area contributed by atoms with Gasteiger partial charge in [-0.3, -0.25) is 4.79 Å². The van der Waals surface area contributed by atoms with E-state index in [-0.39, 0.29) is 11.8 Å². The first-order chi connectivity index (χ1) is 12.6. The highest BCUT2D eigenvalue weighted by atomic mass is 32.2. The molecule has 0 bridgehead atoms. The molecule has 4 rings (SSSR count). The van der Waals surface area contributed by atoms with Gasteiger partial charge in [0.2, 0.25) is 15.9 Å². The normalized spacial score (nSPS) is 24.5. The molecule has 0 aliphatic carbocycles. The van der Waals surface area contributed by atoms with Gasteiger partial charge in [0.1, 0.15) is 0 Å². The molecule has 2 fully saturated rings. The molecule has 7 nitrogen and oxygen atoms in total. The van der Waals surface area contributed by atoms with E-state index >= 15 is 0 Å². The highest BCUT2D eigenvalue weighted by Crippen LogP contribution is 2.30. The molecule has 1 atom stereocenters. The number of morpholine rings is 1. The van der Waals surface area contributed by atoms with Gasteiger partial charge in [0.05, 0.1) is 30.6 Å². The quantitative estimate of drug-likeness (QED) is 0.769. The Kier molecular flexibility index (Phi) is 5.00. The number of nitrogens with zero attached hydrogens (tertiary/aromatic N) is 2. The zero-order chi connectivity index (χ0) is 18.1. The minimum atomic E-state index is -3.58. The van der Waals surface area contributed by atoms with Gasteiger partial charge >= 0.3 is 0 Å². The van der Waals surface area contributed by atoms with Gasteiger partial charge in [-0.25, -0.2) is 8.42 Å². The topological polar surface area (TPSA) is 76.2 Å². The first-order valence-corrected chi connectivity index (χ1v) is 10.6. The van der Waals surface area contributed by atoms with Crippen LogP contribution < -0.4 is 0 Å². The van der Waals surface area contributed by atoms with Crippen molar-refractivity contribution in [3.05, 3.63) is 29.3 Å². The number of sulfonamides is 1. The maximum Gasteiger partial charge on any atom is 0.243 e. The number of benzene rings is 1. The number of amides is 1. The number of rotatable bonds is 3. The Morgan fingerprint density at radius 3 is 2.62 bits per heavy atom. The second kappa shape index (κ2) is 7.26. The van der Waals surface area contributed by atoms with Crippen molar-refractivity contribution < 1.29 is 22.7 Å². The van der Waals surface area contributed by atoms with Crippen LogP contribution in [0.1, 0.15) is 17.5 Å². The molecule has 1 unspecified atom stereocenters. The summed E-state index contributed by atoms with van der Waals surface area (Å²) >= 11 is 0. The third-order valence-electron chi connectivity index (χ3n) is 5.41. The molecular weight excluding hydrogens is 356 g/mol. The highest BCUT2D eigenvalue weighted by Gasteiger charge is 2.34. The van der Waals surface area contributed by atoms with Gasteiger partial charge in [0.15, 0.2) is 0 Å². The SMILES string of the molecule is O=C(C1CCOC1)N1CCc2cccc(S(=O)(=O)N3CCOCC3)c2C1. The number of ether oxygens (including phenoxy) is 2. The molecule has 1 amide bonds. The van der Waals surface area contributed by atoms with E-state index in [1.54, 1.807) is 17.0 Å². The van der Waals surface area contributed by atoms with Crippen molar-refractivity contribution in [2.24, 2.45) is 5.92 Å². The van der Waals surface area contributed by atoms with Gasteiger partial charge < -0.3 is 14.4 Å². The van der Waals surface area contributed by atoms with Crippen molar-refractivity contribution >= 4 is 15.9 Å². The van der Waals surface area contributed by atoms with E-state index in [0.29, 0.717) is 63.9 Å². The van der Waals surface area contributed by atoms with Crippen molar-refractivity contribution in [3.63, 3.8) is 0 Å². The Morgan fingerprint density at radius 1 is 1.08 bits per heavy atom. The molecule has 1 aromatic carbocycles. The third-order valence-corrected chi connectivity index (χ3v) is 7.39. The van der Waals surface area contributed by atoms with Crippen LogP contribution in [0.4, 0.5) is 0 Å². The molecule has 142 valence electrons. The largest absolute Gasteiger partial charge is 0.381 e. The monoisotopic (exact) mass is 380 g/mol. The molecular formula is C18H24N2O5S. The van der Waals surface area contributed by atoms with Crippen molar-refractivity contribution in [2.45, 2.75) is 24.3 Å². The number of hydrogen-bond acceptors (Lipinski definition) is 5. The predicted octanol–water partition coefficient (Wildman–Crippen LogP) is 0.629. The Bertz CT molecular complexity index is 783. The highest BCUT2D eigenvalue weighted by molar-refractivity contribution is 7.89. The summed E-state index contributed by atoms with van der Waals surface area (Å²) in [7, 11) is -3.58. The number of carbonyl (C=O) groups excluding carboxylic acids is 1. The number of fused-ring (bicyclic) bond motifs is 1. The first kappa shape index (κ1) is 17.9. The van der Waals surface area contributed by atoms with Crippen LogP contribution in [0.15, 0.2) is 23.1 Å². The van der Waals surface area contributed by atoms with E-state index < -0.39 is 10.0 Å². The maximum absolute atomic E-state index is 13.1. The third kappa shape index (κ3) is 3.26. The summed E-state index contributed by atoms with van der Waals surface area (Å²) in [4.78, 5) is 14.9. The lowest BCUT2D eigenvalue weighted by molar-refractivity contribution is -0.136. The van der Waals surface area contributed by atoms with Crippen LogP contribution in [0.25, 0.3) is 0 Å². The van der Waals surface area contributed by atoms with Crippen molar-refractivity contribution in [2.75, 3.05) is 46.1 Å². The Morgan fingerprint density at radius 2 is 1.88 bits per heavy atom. The summed E-state index contributed by atoms with van der Waals surface area (Å²) in [5.41, 5.74) is 1.78. The molecule has 0 radical (unpaired) electrons. The van der Waals surface area contributed by atoms with Gasteiger partial charge in [0.25, 0.3) is 0 Å². The Balaban J connectivity index is 1.62. The summed E-state index contributed by atoms with van der Waals surface area (Å²) in [6.07, 6.45) is 1.43. The van der Waals surface area contributed by atoms with Gasteiger partial charge in [0, 0.05) is 32.8 Å². The lowest BCUT2D eigenvalue weighted by atomic mass is 9.98. The van der Waals surface area contributed by atoms with Gasteiger partial charge in [-0.05, 0) is 30.0 Å². The molecule has 8 heteroatoms. The summed E-state index contributed by atoms with van der Waals surface area (Å²) in [6.45, 7) is 3.64. The van der Waals surface area contributed by atoms with E-state index in [9.17, 15) is 13.2 Å². The Labute approximate surface area is 153 Å². The van der Waals surface area contributed by atoms with E-state index in [1.807, 2.05) is 6.07 Å². The standard InChI is InChI=1S/C18H24N2O5S/c21-18(15-5-9-25-13-15)19-6-4-14-2-1-3-17(16(14)12-19)26(22,23)20-7-10-24-11-8-20/h1-3,15H,4-13H2. The molecule has 0 saturated carbocycles. The zero-order valence-corrected chi connectivity index (χ0v) is 15.5. The summed E-state index contributed by atoms with van der Waals surface area (Å²) in [6, 6.07) is 5.43. The van der Waals surface area contributed by atoms with Gasteiger partial charge in [-0.2, -0.15) is 4.31 Å². The van der Waals surface area contributed by atoms with Crippen molar-refractivity contribution in [1.29, 1.82) is 0 Å². The number of hydrogen-bond donors (Lipinski definition) is 0. The van der Waals surface area contributed by atoms with E-state index in [0.717, 1.165) is 17.5 Å². The van der Waals surface area contributed by atoms with Crippen LogP contribution in [-0.2, 0) is 37.3 Å². The Hall–Kier alpha value is -1.48. The molecule has 3 aliphatic rings. The number of carbonyl (C=O) groups is 1. The van der Waals surface area contributed by atoms with Crippen LogP contribution in [0.5, 0.6) is 0 Å². The van der Waals surface area contributed by atoms with Crippen LogP contribution in [0, 0.1) is 5.92 Å². The molecule has 0 aromatic heterocycles. The van der Waals surface area contributed by atoms with Crippen LogP contribution in [-0.4, -0.2) is 69.6 Å². The summed E-state index contributed by atoms with van der Waals surface area (Å²) in [5.74, 6) is -0.0220. The molecule has 3 heterocycles.